The minimum absolute atomic E-state index is 0.00287. The third kappa shape index (κ3) is 5.34. The Bertz CT molecular complexity index is 311. The molecule has 0 saturated carbocycles. The number of hydrogen-bond donors (Lipinski definition) is 0. The molecule has 1 aromatic carbocycles. The summed E-state index contributed by atoms with van der Waals surface area (Å²) in [6.45, 7) is 9.85. The Labute approximate surface area is 97.4 Å². The van der Waals surface area contributed by atoms with Crippen LogP contribution in [0.5, 0.6) is 5.75 Å². The predicted molar refractivity (Wildman–Crippen MR) is 67.1 cm³/mol. The molecule has 0 bridgehead atoms. The molecule has 0 atom stereocenters. The van der Waals surface area contributed by atoms with Crippen LogP contribution in [0.1, 0.15) is 33.3 Å². The smallest absolute Gasteiger partial charge is 0.310 e. The van der Waals surface area contributed by atoms with Gasteiger partial charge in [0.1, 0.15) is 0 Å². The van der Waals surface area contributed by atoms with E-state index in [1.54, 1.807) is 12.1 Å². The van der Waals surface area contributed by atoms with Crippen LogP contribution in [0.3, 0.4) is 0 Å². The Morgan fingerprint density at radius 3 is 2.06 bits per heavy atom. The van der Waals surface area contributed by atoms with Crippen LogP contribution in [0, 0.1) is 17.0 Å². The Kier molecular flexibility index (Phi) is 10.5. The number of benzene rings is 1. The van der Waals surface area contributed by atoms with Gasteiger partial charge in [0, 0.05) is 6.07 Å². The van der Waals surface area contributed by atoms with Crippen LogP contribution in [0.25, 0.3) is 0 Å². The summed E-state index contributed by atoms with van der Waals surface area (Å²) >= 11 is 0. The molecule has 0 aliphatic rings. The molecule has 0 unspecified atom stereocenters. The van der Waals surface area contributed by atoms with E-state index in [9.17, 15) is 10.1 Å². The van der Waals surface area contributed by atoms with Crippen LogP contribution in [0.2, 0.25) is 0 Å². The Hall–Kier alpha value is -1.58. The highest BCUT2D eigenvalue weighted by Crippen LogP contribution is 2.26. The molecule has 0 spiro atoms. The first kappa shape index (κ1) is 16.8. The summed E-state index contributed by atoms with van der Waals surface area (Å²) in [5.74, 6) is 0.306. The Morgan fingerprint density at radius 1 is 1.19 bits per heavy atom. The lowest BCUT2D eigenvalue weighted by Crippen LogP contribution is -1.93. The lowest BCUT2D eigenvalue weighted by molar-refractivity contribution is -0.385. The van der Waals surface area contributed by atoms with Gasteiger partial charge in [-0.2, -0.15) is 0 Å². The van der Waals surface area contributed by atoms with Gasteiger partial charge in [0.05, 0.1) is 12.0 Å². The number of aryl methyl sites for hydroxylation is 1. The van der Waals surface area contributed by atoms with E-state index in [2.05, 4.69) is 0 Å². The molecule has 0 aromatic heterocycles. The van der Waals surface area contributed by atoms with Crippen LogP contribution in [0.4, 0.5) is 5.69 Å². The SMILES string of the molecule is CC.CC.COc1cc(C)ccc1[N+](=O)[O-]. The molecule has 1 aromatic rings. The third-order valence-electron chi connectivity index (χ3n) is 1.53. The number of nitro groups is 1. The Balaban J connectivity index is 0. The van der Waals surface area contributed by atoms with Crippen molar-refractivity contribution in [2.75, 3.05) is 7.11 Å². The van der Waals surface area contributed by atoms with Gasteiger partial charge in [0.25, 0.3) is 0 Å². The largest absolute Gasteiger partial charge is 0.490 e. The van der Waals surface area contributed by atoms with E-state index < -0.39 is 4.92 Å². The predicted octanol–water partition coefficient (Wildman–Crippen LogP) is 3.96. The van der Waals surface area contributed by atoms with E-state index in [0.717, 1.165) is 5.56 Å². The minimum Gasteiger partial charge on any atom is -0.490 e. The average Bonchev–Trinajstić information content (AvgIpc) is 2.33. The molecule has 16 heavy (non-hydrogen) atoms. The zero-order valence-electron chi connectivity index (χ0n) is 10.9. The molecule has 0 amide bonds. The van der Waals surface area contributed by atoms with E-state index in [1.807, 2.05) is 34.6 Å². The highest BCUT2D eigenvalue weighted by molar-refractivity contribution is 5.47. The maximum atomic E-state index is 10.4. The molecule has 92 valence electrons. The summed E-state index contributed by atoms with van der Waals surface area (Å²) in [6.07, 6.45) is 0. The zero-order chi connectivity index (χ0) is 13.1. The number of nitrogens with zero attached hydrogens (tertiary/aromatic N) is 1. The average molecular weight is 227 g/mol. The highest BCUT2D eigenvalue weighted by atomic mass is 16.6. The summed E-state index contributed by atoms with van der Waals surface area (Å²) < 4.78 is 4.85. The normalized spacial score (nSPS) is 7.88. The second kappa shape index (κ2) is 9.96. The van der Waals surface area contributed by atoms with E-state index in [0.29, 0.717) is 5.75 Å². The molecule has 1 rings (SSSR count). The van der Waals surface area contributed by atoms with Crippen molar-refractivity contribution in [3.8, 4) is 5.75 Å². The van der Waals surface area contributed by atoms with Gasteiger partial charge in [-0.15, -0.1) is 0 Å². The zero-order valence-corrected chi connectivity index (χ0v) is 10.9. The number of rotatable bonds is 2. The van der Waals surface area contributed by atoms with Crippen molar-refractivity contribution in [1.82, 2.24) is 0 Å². The number of methoxy groups -OCH3 is 1. The van der Waals surface area contributed by atoms with Crippen molar-refractivity contribution in [2.24, 2.45) is 0 Å². The van der Waals surface area contributed by atoms with Crippen LogP contribution in [-0.2, 0) is 0 Å². The fourth-order valence-electron chi connectivity index (χ4n) is 0.936. The quantitative estimate of drug-likeness (QED) is 0.567. The molecule has 4 heteroatoms. The van der Waals surface area contributed by atoms with Crippen molar-refractivity contribution in [1.29, 1.82) is 0 Å². The third-order valence-corrected chi connectivity index (χ3v) is 1.53. The first-order valence-electron chi connectivity index (χ1n) is 5.44. The van der Waals surface area contributed by atoms with Crippen molar-refractivity contribution in [3.05, 3.63) is 33.9 Å². The molecular weight excluding hydrogens is 206 g/mol. The Morgan fingerprint density at radius 2 is 1.69 bits per heavy atom. The standard InChI is InChI=1S/C8H9NO3.2C2H6/c1-6-3-4-7(9(10)11)8(5-6)12-2;2*1-2/h3-5H,1-2H3;2*1-2H3. The van der Waals surface area contributed by atoms with Gasteiger partial charge < -0.3 is 4.74 Å². The van der Waals surface area contributed by atoms with Gasteiger partial charge in [-0.05, 0) is 18.6 Å². The molecule has 4 nitrogen and oxygen atoms in total. The summed E-state index contributed by atoms with van der Waals surface area (Å²) in [4.78, 5) is 9.96. The summed E-state index contributed by atoms with van der Waals surface area (Å²) in [6, 6.07) is 4.76. The lowest BCUT2D eigenvalue weighted by Gasteiger charge is -2.01. The molecule has 0 radical (unpaired) electrons. The highest BCUT2D eigenvalue weighted by Gasteiger charge is 2.12. The maximum absolute atomic E-state index is 10.4. The van der Waals surface area contributed by atoms with Gasteiger partial charge in [-0.25, -0.2) is 0 Å². The van der Waals surface area contributed by atoms with Crippen LogP contribution in [-0.4, -0.2) is 12.0 Å². The first-order valence-corrected chi connectivity index (χ1v) is 5.44. The maximum Gasteiger partial charge on any atom is 0.310 e. The van der Waals surface area contributed by atoms with Crippen molar-refractivity contribution in [2.45, 2.75) is 34.6 Å². The first-order chi connectivity index (χ1) is 7.65. The minimum atomic E-state index is -0.460. The molecule has 0 aliphatic carbocycles. The van der Waals surface area contributed by atoms with Gasteiger partial charge in [0.2, 0.25) is 0 Å². The van der Waals surface area contributed by atoms with E-state index >= 15 is 0 Å². The number of nitro benzene ring substituents is 1. The summed E-state index contributed by atoms with van der Waals surface area (Å²) in [7, 11) is 1.42. The second-order valence-corrected chi connectivity index (χ2v) is 2.43. The molecule has 0 heterocycles. The van der Waals surface area contributed by atoms with Gasteiger partial charge >= 0.3 is 5.69 Å². The summed E-state index contributed by atoms with van der Waals surface area (Å²) in [5, 5.41) is 10.4. The van der Waals surface area contributed by atoms with E-state index in [4.69, 9.17) is 4.74 Å². The van der Waals surface area contributed by atoms with Crippen LogP contribution < -0.4 is 4.74 Å². The van der Waals surface area contributed by atoms with Gasteiger partial charge in [-0.3, -0.25) is 10.1 Å². The fourth-order valence-corrected chi connectivity index (χ4v) is 0.936. The lowest BCUT2D eigenvalue weighted by atomic mass is 10.2. The van der Waals surface area contributed by atoms with Gasteiger partial charge in [0.15, 0.2) is 5.75 Å². The van der Waals surface area contributed by atoms with Crippen molar-refractivity contribution in [3.63, 3.8) is 0 Å². The van der Waals surface area contributed by atoms with Crippen LogP contribution >= 0.6 is 0 Å². The van der Waals surface area contributed by atoms with Crippen molar-refractivity contribution >= 4 is 5.69 Å². The number of ether oxygens (including phenoxy) is 1. The second-order valence-electron chi connectivity index (χ2n) is 2.43. The summed E-state index contributed by atoms with van der Waals surface area (Å²) in [5.41, 5.74) is 0.945. The molecule has 0 N–H and O–H groups in total. The van der Waals surface area contributed by atoms with E-state index in [1.165, 1.54) is 13.2 Å². The van der Waals surface area contributed by atoms with E-state index in [-0.39, 0.29) is 5.69 Å². The molecule has 0 saturated heterocycles. The van der Waals surface area contributed by atoms with Crippen LogP contribution in [0.15, 0.2) is 18.2 Å². The molecular formula is C12H21NO3. The molecule has 0 aliphatic heterocycles. The monoisotopic (exact) mass is 227 g/mol. The fraction of sp³-hybridized carbons (Fsp3) is 0.500. The molecule has 0 fully saturated rings. The van der Waals surface area contributed by atoms with Crippen molar-refractivity contribution < 1.29 is 9.66 Å². The number of hydrogen-bond acceptors (Lipinski definition) is 3. The topological polar surface area (TPSA) is 52.4 Å². The van der Waals surface area contributed by atoms with Gasteiger partial charge in [-0.1, -0.05) is 33.8 Å².